The first-order valence-corrected chi connectivity index (χ1v) is 9.46. The number of likely N-dealkylation sites (tertiary alicyclic amines) is 1. The maximum atomic E-state index is 9.84. The average molecular weight is 349 g/mol. The summed E-state index contributed by atoms with van der Waals surface area (Å²) < 4.78 is 17.2. The molecule has 2 aliphatic rings. The molecule has 1 heterocycles. The standard InChI is InChI=1S/C20H31NO4/c1-23-19-9-5-6-15(20(19)24-2)11-13-25-18-8-4-3-7-17(18)21-12-10-16(22)14-21/h5-6,9,16-18,22H,3-4,7-8,10-14H2,1-2H3/t16-,17-,18-/m1/s1. The fourth-order valence-corrected chi connectivity index (χ4v) is 4.23. The van der Waals surface area contributed by atoms with Crippen LogP contribution in [0.2, 0.25) is 0 Å². The van der Waals surface area contributed by atoms with Crippen molar-refractivity contribution in [3.63, 3.8) is 0 Å². The Balaban J connectivity index is 1.57. The summed E-state index contributed by atoms with van der Waals surface area (Å²) in [5, 5.41) is 9.84. The number of aliphatic hydroxyl groups is 1. The smallest absolute Gasteiger partial charge is 0.163 e. The van der Waals surface area contributed by atoms with Crippen LogP contribution in [0.3, 0.4) is 0 Å². The molecule has 2 fully saturated rings. The fraction of sp³-hybridized carbons (Fsp3) is 0.700. The average Bonchev–Trinajstić information content (AvgIpc) is 3.08. The van der Waals surface area contributed by atoms with E-state index in [1.54, 1.807) is 14.2 Å². The normalized spacial score (nSPS) is 27.4. The highest BCUT2D eigenvalue weighted by atomic mass is 16.5. The molecule has 0 amide bonds. The number of rotatable bonds is 7. The predicted molar refractivity (Wildman–Crippen MR) is 97.4 cm³/mol. The van der Waals surface area contributed by atoms with Gasteiger partial charge in [-0.15, -0.1) is 0 Å². The van der Waals surface area contributed by atoms with E-state index in [9.17, 15) is 5.11 Å². The van der Waals surface area contributed by atoms with Crippen molar-refractivity contribution in [2.45, 2.75) is 56.8 Å². The van der Waals surface area contributed by atoms with Gasteiger partial charge in [-0.2, -0.15) is 0 Å². The van der Waals surface area contributed by atoms with Crippen molar-refractivity contribution < 1.29 is 19.3 Å². The van der Waals surface area contributed by atoms with Gasteiger partial charge in [-0.3, -0.25) is 4.90 Å². The van der Waals surface area contributed by atoms with Crippen LogP contribution in [0.15, 0.2) is 18.2 Å². The van der Waals surface area contributed by atoms with Crippen molar-refractivity contribution in [1.82, 2.24) is 4.90 Å². The first-order chi connectivity index (χ1) is 12.2. The molecule has 1 aliphatic heterocycles. The van der Waals surface area contributed by atoms with Crippen molar-refractivity contribution in [3.8, 4) is 11.5 Å². The summed E-state index contributed by atoms with van der Waals surface area (Å²) in [6.07, 6.45) is 6.61. The molecule has 25 heavy (non-hydrogen) atoms. The molecule has 1 saturated heterocycles. The van der Waals surface area contributed by atoms with E-state index in [0.717, 1.165) is 49.4 Å². The Labute approximate surface area is 150 Å². The molecule has 1 aromatic carbocycles. The lowest BCUT2D eigenvalue weighted by atomic mass is 9.91. The van der Waals surface area contributed by atoms with Gasteiger partial charge in [-0.1, -0.05) is 25.0 Å². The number of ether oxygens (including phenoxy) is 3. The number of nitrogens with zero attached hydrogens (tertiary/aromatic N) is 1. The minimum atomic E-state index is -0.163. The summed E-state index contributed by atoms with van der Waals surface area (Å²) in [5.41, 5.74) is 1.12. The first-order valence-electron chi connectivity index (χ1n) is 9.46. The van der Waals surface area contributed by atoms with Gasteiger partial charge in [0, 0.05) is 24.7 Å². The Hall–Kier alpha value is -1.30. The highest BCUT2D eigenvalue weighted by molar-refractivity contribution is 5.46. The van der Waals surface area contributed by atoms with E-state index >= 15 is 0 Å². The lowest BCUT2D eigenvalue weighted by Crippen LogP contribution is -2.46. The minimum absolute atomic E-state index is 0.163. The molecule has 1 saturated carbocycles. The van der Waals surface area contributed by atoms with Crippen LogP contribution in [0.25, 0.3) is 0 Å². The van der Waals surface area contributed by atoms with Gasteiger partial charge < -0.3 is 19.3 Å². The second-order valence-electron chi connectivity index (χ2n) is 7.10. The summed E-state index contributed by atoms with van der Waals surface area (Å²) in [5.74, 6) is 1.57. The SMILES string of the molecule is COc1cccc(CCO[C@@H]2CCCC[C@H]2N2CC[C@@H](O)C2)c1OC. The van der Waals surface area contributed by atoms with E-state index < -0.39 is 0 Å². The Morgan fingerprint density at radius 1 is 1.12 bits per heavy atom. The number of aliphatic hydroxyl groups excluding tert-OH is 1. The van der Waals surface area contributed by atoms with Crippen LogP contribution in [-0.2, 0) is 11.2 Å². The molecule has 140 valence electrons. The molecule has 3 atom stereocenters. The van der Waals surface area contributed by atoms with Crippen LogP contribution in [-0.4, -0.2) is 62.2 Å². The number of methoxy groups -OCH3 is 2. The molecule has 1 N–H and O–H groups in total. The molecule has 0 unspecified atom stereocenters. The molecule has 5 heteroatoms. The first kappa shape index (κ1) is 18.5. The maximum absolute atomic E-state index is 9.84. The summed E-state index contributed by atoms with van der Waals surface area (Å²) in [7, 11) is 3.34. The molecule has 3 rings (SSSR count). The summed E-state index contributed by atoms with van der Waals surface area (Å²) in [6, 6.07) is 6.43. The van der Waals surface area contributed by atoms with Crippen LogP contribution in [0.5, 0.6) is 11.5 Å². The lowest BCUT2D eigenvalue weighted by molar-refractivity contribution is -0.0316. The third-order valence-electron chi connectivity index (χ3n) is 5.52. The fourth-order valence-electron chi connectivity index (χ4n) is 4.23. The third-order valence-corrected chi connectivity index (χ3v) is 5.52. The molecular formula is C20H31NO4. The van der Waals surface area contributed by atoms with E-state index in [1.165, 1.54) is 19.3 Å². The number of hydrogen-bond acceptors (Lipinski definition) is 5. The maximum Gasteiger partial charge on any atom is 0.163 e. The van der Waals surface area contributed by atoms with Crippen molar-refractivity contribution in [2.24, 2.45) is 0 Å². The number of hydrogen-bond donors (Lipinski definition) is 1. The van der Waals surface area contributed by atoms with Gasteiger partial charge in [0.2, 0.25) is 0 Å². The quantitative estimate of drug-likeness (QED) is 0.820. The monoisotopic (exact) mass is 349 g/mol. The Bertz CT molecular complexity index is 550. The van der Waals surface area contributed by atoms with Gasteiger partial charge in [-0.25, -0.2) is 0 Å². The molecule has 0 aromatic heterocycles. The zero-order chi connectivity index (χ0) is 17.6. The molecule has 0 spiro atoms. The number of β-amino-alcohol motifs (C(OH)–C–C–N with tert-alkyl or cyclic N) is 1. The summed E-state index contributed by atoms with van der Waals surface area (Å²) >= 11 is 0. The van der Waals surface area contributed by atoms with Gasteiger partial charge in [-0.05, 0) is 31.7 Å². The minimum Gasteiger partial charge on any atom is -0.493 e. The predicted octanol–water partition coefficient (Wildman–Crippen LogP) is 2.64. The van der Waals surface area contributed by atoms with Crippen LogP contribution in [0, 0.1) is 0 Å². The topological polar surface area (TPSA) is 51.2 Å². The molecule has 0 bridgehead atoms. The van der Waals surface area contributed by atoms with E-state index in [4.69, 9.17) is 14.2 Å². The molecule has 0 radical (unpaired) electrons. The van der Waals surface area contributed by atoms with Gasteiger partial charge in [0.1, 0.15) is 0 Å². The van der Waals surface area contributed by atoms with Gasteiger partial charge in [0.25, 0.3) is 0 Å². The zero-order valence-electron chi connectivity index (χ0n) is 15.4. The van der Waals surface area contributed by atoms with Crippen molar-refractivity contribution in [1.29, 1.82) is 0 Å². The Morgan fingerprint density at radius 3 is 2.68 bits per heavy atom. The van der Waals surface area contributed by atoms with E-state index in [1.807, 2.05) is 12.1 Å². The van der Waals surface area contributed by atoms with Crippen LogP contribution >= 0.6 is 0 Å². The van der Waals surface area contributed by atoms with E-state index in [2.05, 4.69) is 11.0 Å². The molecule has 1 aliphatic carbocycles. The van der Waals surface area contributed by atoms with Crippen LogP contribution in [0.1, 0.15) is 37.7 Å². The van der Waals surface area contributed by atoms with Crippen LogP contribution < -0.4 is 9.47 Å². The van der Waals surface area contributed by atoms with Gasteiger partial charge in [0.05, 0.1) is 33.0 Å². The molecular weight excluding hydrogens is 318 g/mol. The van der Waals surface area contributed by atoms with E-state index in [0.29, 0.717) is 12.6 Å². The van der Waals surface area contributed by atoms with Crippen molar-refractivity contribution in [2.75, 3.05) is 33.9 Å². The Kier molecular flexibility index (Phi) is 6.57. The van der Waals surface area contributed by atoms with Crippen LogP contribution in [0.4, 0.5) is 0 Å². The number of benzene rings is 1. The highest BCUT2D eigenvalue weighted by Crippen LogP contribution is 2.32. The largest absolute Gasteiger partial charge is 0.493 e. The molecule has 1 aromatic rings. The second kappa shape index (κ2) is 8.88. The van der Waals surface area contributed by atoms with Gasteiger partial charge in [0.15, 0.2) is 11.5 Å². The van der Waals surface area contributed by atoms with Gasteiger partial charge >= 0.3 is 0 Å². The summed E-state index contributed by atoms with van der Waals surface area (Å²) in [4.78, 5) is 2.43. The van der Waals surface area contributed by atoms with E-state index in [-0.39, 0.29) is 12.2 Å². The zero-order valence-corrected chi connectivity index (χ0v) is 15.4. The Morgan fingerprint density at radius 2 is 1.96 bits per heavy atom. The lowest BCUT2D eigenvalue weighted by Gasteiger charge is -2.37. The third kappa shape index (κ3) is 4.46. The second-order valence-corrected chi connectivity index (χ2v) is 7.10. The molecule has 5 nitrogen and oxygen atoms in total. The van der Waals surface area contributed by atoms with Crippen molar-refractivity contribution in [3.05, 3.63) is 23.8 Å². The summed E-state index contributed by atoms with van der Waals surface area (Å²) in [6.45, 7) is 2.48. The number of para-hydroxylation sites is 1. The highest BCUT2D eigenvalue weighted by Gasteiger charge is 2.34. The van der Waals surface area contributed by atoms with Crippen molar-refractivity contribution >= 4 is 0 Å².